The van der Waals surface area contributed by atoms with E-state index in [9.17, 15) is 18.0 Å². The second-order valence-corrected chi connectivity index (χ2v) is 9.38. The average molecular weight is 474 g/mol. The Balaban J connectivity index is 1.45. The van der Waals surface area contributed by atoms with Crippen molar-refractivity contribution in [1.29, 1.82) is 0 Å². The number of thiazole rings is 1. The molecule has 1 aromatic heterocycles. The van der Waals surface area contributed by atoms with Crippen LogP contribution in [0.15, 0.2) is 34.5 Å². The van der Waals surface area contributed by atoms with Gasteiger partial charge in [-0.1, -0.05) is 12.1 Å². The highest BCUT2D eigenvalue weighted by Crippen LogP contribution is 2.28. The van der Waals surface area contributed by atoms with Gasteiger partial charge in [-0.15, -0.1) is 23.1 Å². The van der Waals surface area contributed by atoms with E-state index in [1.54, 1.807) is 23.1 Å². The van der Waals surface area contributed by atoms with Gasteiger partial charge < -0.3 is 9.64 Å². The fraction of sp³-hybridized carbons (Fsp3) is 0.524. The van der Waals surface area contributed by atoms with Gasteiger partial charge in [-0.05, 0) is 25.5 Å². The van der Waals surface area contributed by atoms with Gasteiger partial charge in [0.1, 0.15) is 6.61 Å². The number of benzene rings is 1. The van der Waals surface area contributed by atoms with Crippen molar-refractivity contribution in [2.45, 2.75) is 30.2 Å². The predicted molar refractivity (Wildman–Crippen MR) is 117 cm³/mol. The molecule has 0 atom stereocenters. The number of carbonyl (C=O) groups is 1. The minimum absolute atomic E-state index is 0.0192. The van der Waals surface area contributed by atoms with Crippen molar-refractivity contribution < 1.29 is 22.7 Å². The molecule has 0 radical (unpaired) electrons. The lowest BCUT2D eigenvalue weighted by atomic mass is 10.1. The number of hydrogen-bond acceptors (Lipinski definition) is 6. The summed E-state index contributed by atoms with van der Waals surface area (Å²) in [4.78, 5) is 22.5. The highest BCUT2D eigenvalue weighted by Gasteiger charge is 2.27. The van der Waals surface area contributed by atoms with E-state index in [0.29, 0.717) is 44.7 Å². The van der Waals surface area contributed by atoms with Gasteiger partial charge in [0, 0.05) is 55.4 Å². The first-order chi connectivity index (χ1) is 14.8. The molecule has 1 amide bonds. The fourth-order valence-electron chi connectivity index (χ4n) is 3.32. The lowest BCUT2D eigenvalue weighted by Crippen LogP contribution is -2.49. The van der Waals surface area contributed by atoms with Gasteiger partial charge in [-0.25, -0.2) is 4.98 Å². The Labute approximate surface area is 188 Å². The molecule has 0 saturated carbocycles. The first kappa shape index (κ1) is 24.0. The molecule has 1 aliphatic heterocycles. The van der Waals surface area contributed by atoms with Crippen LogP contribution in [-0.4, -0.2) is 72.8 Å². The summed E-state index contributed by atoms with van der Waals surface area (Å²) in [7, 11) is 0. The van der Waals surface area contributed by atoms with Crippen LogP contribution in [0.2, 0.25) is 0 Å². The number of rotatable bonds is 9. The van der Waals surface area contributed by atoms with Crippen LogP contribution in [0.1, 0.15) is 27.5 Å². The predicted octanol–water partition coefficient (Wildman–Crippen LogP) is 4.47. The molecule has 0 spiro atoms. The van der Waals surface area contributed by atoms with Crippen LogP contribution in [0.3, 0.4) is 0 Å². The molecule has 0 unspecified atom stereocenters. The van der Waals surface area contributed by atoms with Crippen molar-refractivity contribution >= 4 is 29.0 Å². The largest absolute Gasteiger partial charge is 0.411 e. The molecular weight excluding hydrogens is 447 g/mol. The molecule has 1 aliphatic rings. The summed E-state index contributed by atoms with van der Waals surface area (Å²) < 4.78 is 40.9. The zero-order valence-electron chi connectivity index (χ0n) is 17.4. The Morgan fingerprint density at radius 3 is 2.65 bits per heavy atom. The lowest BCUT2D eigenvalue weighted by molar-refractivity contribution is -0.174. The number of carbonyl (C=O) groups excluding carboxylic acids is 1. The second kappa shape index (κ2) is 11.3. The Hall–Kier alpha value is -1.62. The van der Waals surface area contributed by atoms with Crippen molar-refractivity contribution in [3.05, 3.63) is 45.9 Å². The minimum Gasteiger partial charge on any atom is -0.372 e. The Morgan fingerprint density at radius 2 is 1.97 bits per heavy atom. The van der Waals surface area contributed by atoms with Crippen molar-refractivity contribution in [2.24, 2.45) is 0 Å². The van der Waals surface area contributed by atoms with Crippen molar-refractivity contribution in [3.8, 4) is 0 Å². The van der Waals surface area contributed by atoms with Gasteiger partial charge in [-0.3, -0.25) is 9.69 Å². The van der Waals surface area contributed by atoms with Gasteiger partial charge in [-0.2, -0.15) is 13.2 Å². The lowest BCUT2D eigenvalue weighted by Gasteiger charge is -2.35. The van der Waals surface area contributed by atoms with E-state index in [0.717, 1.165) is 21.3 Å². The monoisotopic (exact) mass is 473 g/mol. The van der Waals surface area contributed by atoms with Gasteiger partial charge in [0.2, 0.25) is 0 Å². The number of alkyl halides is 3. The highest BCUT2D eigenvalue weighted by molar-refractivity contribution is 7.98. The summed E-state index contributed by atoms with van der Waals surface area (Å²) in [5.41, 5.74) is 1.72. The van der Waals surface area contributed by atoms with Crippen LogP contribution in [0.5, 0.6) is 0 Å². The molecule has 170 valence electrons. The highest BCUT2D eigenvalue weighted by atomic mass is 32.2. The molecule has 1 fully saturated rings. The topological polar surface area (TPSA) is 45.7 Å². The molecule has 31 heavy (non-hydrogen) atoms. The zero-order chi connectivity index (χ0) is 22.3. The van der Waals surface area contributed by atoms with Crippen LogP contribution < -0.4 is 0 Å². The van der Waals surface area contributed by atoms with E-state index in [2.05, 4.69) is 14.6 Å². The Morgan fingerprint density at radius 1 is 1.23 bits per heavy atom. The molecule has 10 heteroatoms. The first-order valence-electron chi connectivity index (χ1n) is 10.1. The summed E-state index contributed by atoms with van der Waals surface area (Å²) in [5.74, 6) is 0.740. The molecular formula is C21H26F3N3O2S2. The number of nitrogens with zero attached hydrogens (tertiary/aromatic N) is 3. The smallest absolute Gasteiger partial charge is 0.372 e. The Bertz CT molecular complexity index is 852. The molecule has 2 heterocycles. The number of halogens is 3. The van der Waals surface area contributed by atoms with Gasteiger partial charge in [0.05, 0.1) is 16.3 Å². The molecule has 1 saturated heterocycles. The number of aryl methyl sites for hydroxylation is 1. The second-order valence-electron chi connectivity index (χ2n) is 7.30. The third-order valence-corrected chi connectivity index (χ3v) is 6.78. The van der Waals surface area contributed by atoms with E-state index >= 15 is 0 Å². The maximum Gasteiger partial charge on any atom is 0.411 e. The quantitative estimate of drug-likeness (QED) is 0.397. The third kappa shape index (κ3) is 7.78. The van der Waals surface area contributed by atoms with E-state index in [1.807, 2.05) is 41.5 Å². The molecule has 2 aromatic rings. The van der Waals surface area contributed by atoms with E-state index in [-0.39, 0.29) is 12.5 Å². The maximum atomic E-state index is 13.1. The molecule has 3 rings (SSSR count). The molecule has 0 aliphatic carbocycles. The first-order valence-corrected chi connectivity index (χ1v) is 12.0. The van der Waals surface area contributed by atoms with E-state index < -0.39 is 12.8 Å². The standard InChI is InChI=1S/C21H26F3N3O2S2/c1-16-25-17(13-30-16)14-31-19-6-3-2-5-18(19)20(28)27-10-8-26(9-11-27)7-4-12-29-15-21(22,23)24/h2-3,5-6,13H,4,7-12,14-15H2,1H3. The summed E-state index contributed by atoms with van der Waals surface area (Å²) in [6, 6.07) is 7.64. The Kier molecular flexibility index (Phi) is 8.76. The number of ether oxygens (including phenoxy) is 1. The number of thioether (sulfide) groups is 1. The molecule has 0 bridgehead atoms. The SMILES string of the molecule is Cc1nc(CSc2ccccc2C(=O)N2CCN(CCCOCC(F)(F)F)CC2)cs1. The normalized spacial score (nSPS) is 15.4. The summed E-state index contributed by atoms with van der Waals surface area (Å²) >= 11 is 3.24. The number of amides is 1. The molecule has 1 aromatic carbocycles. The van der Waals surface area contributed by atoms with Crippen LogP contribution in [0, 0.1) is 6.92 Å². The number of hydrogen-bond donors (Lipinski definition) is 0. The summed E-state index contributed by atoms with van der Waals surface area (Å²) in [5, 5.41) is 3.07. The number of piperazine rings is 1. The van der Waals surface area contributed by atoms with Crippen molar-refractivity contribution in [3.63, 3.8) is 0 Å². The number of aromatic nitrogens is 1. The zero-order valence-corrected chi connectivity index (χ0v) is 19.0. The third-order valence-electron chi connectivity index (χ3n) is 4.85. The maximum absolute atomic E-state index is 13.1. The van der Waals surface area contributed by atoms with E-state index in [4.69, 9.17) is 0 Å². The van der Waals surface area contributed by atoms with Gasteiger partial charge in [0.15, 0.2) is 0 Å². The summed E-state index contributed by atoms with van der Waals surface area (Å²) in [6.45, 7) is 4.15. The average Bonchev–Trinajstić information content (AvgIpc) is 3.16. The van der Waals surface area contributed by atoms with Crippen LogP contribution in [0.4, 0.5) is 13.2 Å². The van der Waals surface area contributed by atoms with Crippen molar-refractivity contribution in [2.75, 3.05) is 45.9 Å². The summed E-state index contributed by atoms with van der Waals surface area (Å²) in [6.07, 6.45) is -3.74. The van der Waals surface area contributed by atoms with Gasteiger partial charge >= 0.3 is 6.18 Å². The van der Waals surface area contributed by atoms with Crippen LogP contribution >= 0.6 is 23.1 Å². The van der Waals surface area contributed by atoms with E-state index in [1.165, 1.54) is 0 Å². The van der Waals surface area contributed by atoms with Crippen LogP contribution in [0.25, 0.3) is 0 Å². The molecule has 0 N–H and O–H groups in total. The van der Waals surface area contributed by atoms with Gasteiger partial charge in [0.25, 0.3) is 5.91 Å². The fourth-order valence-corrected chi connectivity index (χ4v) is 4.97. The van der Waals surface area contributed by atoms with Crippen molar-refractivity contribution in [1.82, 2.24) is 14.8 Å². The van der Waals surface area contributed by atoms with Crippen LogP contribution in [-0.2, 0) is 10.5 Å². The molecule has 5 nitrogen and oxygen atoms in total. The minimum atomic E-state index is -4.28.